The molecule has 3 heterocycles. The number of nitriles is 1. The van der Waals surface area contributed by atoms with E-state index in [1.165, 1.54) is 18.0 Å². The number of anilines is 1. The van der Waals surface area contributed by atoms with Gasteiger partial charge < -0.3 is 29.4 Å². The van der Waals surface area contributed by atoms with Crippen LogP contribution in [0.1, 0.15) is 39.3 Å². The van der Waals surface area contributed by atoms with Crippen LogP contribution < -0.4 is 11.1 Å². The smallest absolute Gasteiger partial charge is 0.322 e. The molecule has 0 aromatic carbocycles. The molecule has 14 nitrogen and oxygen atoms in total. The van der Waals surface area contributed by atoms with E-state index in [-0.39, 0.29) is 37.7 Å². The zero-order valence-corrected chi connectivity index (χ0v) is 21.0. The van der Waals surface area contributed by atoms with Gasteiger partial charge in [0.25, 0.3) is 0 Å². The number of ether oxygens (including phenoxy) is 5. The van der Waals surface area contributed by atoms with Crippen molar-refractivity contribution in [3.8, 4) is 6.07 Å². The first-order chi connectivity index (χ1) is 17.7. The Hall–Kier alpha value is -3.80. The van der Waals surface area contributed by atoms with Crippen LogP contribution >= 0.6 is 0 Å². The Bertz CT molecular complexity index is 1180. The lowest BCUT2D eigenvalue weighted by atomic mass is 9.92. The zero-order valence-electron chi connectivity index (χ0n) is 21.0. The molecular weight excluding hydrogens is 488 g/mol. The van der Waals surface area contributed by atoms with Crippen LogP contribution in [0.25, 0.3) is 5.52 Å². The fraction of sp³-hybridized carbons (Fsp3) is 0.565. The van der Waals surface area contributed by atoms with Crippen molar-refractivity contribution < 1.29 is 38.1 Å². The molecule has 0 aliphatic carbocycles. The molecule has 0 bridgehead atoms. The van der Waals surface area contributed by atoms with Crippen LogP contribution in [0.3, 0.4) is 0 Å². The SMILES string of the molecule is CCC(=O)O[C@H]1[C@@H](OC(=O)CC)[C@](C#N)(c2ccc3c(N)ncnn23)O[C@@H]1COCN[C@@H](C)C(=O)OC. The van der Waals surface area contributed by atoms with Gasteiger partial charge in [0, 0.05) is 12.8 Å². The second-order valence-corrected chi connectivity index (χ2v) is 8.20. The van der Waals surface area contributed by atoms with Gasteiger partial charge in [0.05, 0.1) is 26.1 Å². The Balaban J connectivity index is 1.99. The molecule has 0 saturated carbocycles. The number of nitrogens with one attached hydrogen (secondary N) is 1. The normalized spacial score (nSPS) is 23.8. The Morgan fingerprint density at radius 1 is 1.27 bits per heavy atom. The maximum atomic E-state index is 12.4. The summed E-state index contributed by atoms with van der Waals surface area (Å²) in [5.74, 6) is -1.54. The summed E-state index contributed by atoms with van der Waals surface area (Å²) in [5, 5.41) is 17.4. The van der Waals surface area contributed by atoms with Crippen LogP contribution in [0.5, 0.6) is 0 Å². The van der Waals surface area contributed by atoms with E-state index < -0.39 is 47.9 Å². The number of nitrogen functional groups attached to an aromatic ring is 1. The summed E-state index contributed by atoms with van der Waals surface area (Å²) in [6.45, 7) is 4.54. The monoisotopic (exact) mass is 518 g/mol. The summed E-state index contributed by atoms with van der Waals surface area (Å²) in [4.78, 5) is 40.3. The molecule has 0 unspecified atom stereocenters. The number of aromatic nitrogens is 3. The zero-order chi connectivity index (χ0) is 27.2. The fourth-order valence-electron chi connectivity index (χ4n) is 3.88. The minimum Gasteiger partial charge on any atom is -0.468 e. The van der Waals surface area contributed by atoms with Gasteiger partial charge in [-0.3, -0.25) is 19.7 Å². The highest BCUT2D eigenvalue weighted by atomic mass is 16.7. The highest BCUT2D eigenvalue weighted by Gasteiger charge is 2.62. The summed E-state index contributed by atoms with van der Waals surface area (Å²) in [5.41, 5.74) is 4.62. The Morgan fingerprint density at radius 2 is 1.97 bits per heavy atom. The fourth-order valence-corrected chi connectivity index (χ4v) is 3.88. The first-order valence-corrected chi connectivity index (χ1v) is 11.7. The van der Waals surface area contributed by atoms with E-state index in [2.05, 4.69) is 26.2 Å². The molecule has 0 radical (unpaired) electrons. The summed E-state index contributed by atoms with van der Waals surface area (Å²) in [6, 6.07) is 4.62. The second kappa shape index (κ2) is 12.0. The van der Waals surface area contributed by atoms with Gasteiger partial charge in [-0.05, 0) is 19.1 Å². The Labute approximate surface area is 212 Å². The maximum Gasteiger partial charge on any atom is 0.322 e. The summed E-state index contributed by atoms with van der Waals surface area (Å²) >= 11 is 0. The Kier molecular flexibility index (Phi) is 8.98. The average Bonchev–Trinajstić information content (AvgIpc) is 3.47. The van der Waals surface area contributed by atoms with Crippen LogP contribution in [0.2, 0.25) is 0 Å². The van der Waals surface area contributed by atoms with Crippen LogP contribution in [0, 0.1) is 11.3 Å². The van der Waals surface area contributed by atoms with Gasteiger partial charge in [-0.15, -0.1) is 0 Å². The van der Waals surface area contributed by atoms with Crippen molar-refractivity contribution in [3.05, 3.63) is 24.2 Å². The third kappa shape index (κ3) is 5.63. The van der Waals surface area contributed by atoms with E-state index in [4.69, 9.17) is 24.7 Å². The van der Waals surface area contributed by atoms with Gasteiger partial charge in [0.2, 0.25) is 5.60 Å². The average molecular weight is 519 g/mol. The summed E-state index contributed by atoms with van der Waals surface area (Å²) in [6.07, 6.45) is -2.32. The number of nitrogens with two attached hydrogens (primary N) is 1. The number of carbonyl (C=O) groups excluding carboxylic acids is 3. The number of hydrogen-bond acceptors (Lipinski definition) is 13. The number of hydrogen-bond donors (Lipinski definition) is 2. The molecule has 2 aromatic rings. The number of carbonyl (C=O) groups is 3. The first-order valence-electron chi connectivity index (χ1n) is 11.7. The largest absolute Gasteiger partial charge is 0.468 e. The summed E-state index contributed by atoms with van der Waals surface area (Å²) < 4.78 is 29.1. The predicted octanol–water partition coefficient (Wildman–Crippen LogP) is 0.198. The van der Waals surface area contributed by atoms with Gasteiger partial charge >= 0.3 is 17.9 Å². The highest BCUT2D eigenvalue weighted by Crippen LogP contribution is 2.43. The molecule has 0 amide bonds. The lowest BCUT2D eigenvalue weighted by molar-refractivity contribution is -0.169. The molecular formula is C23H30N6O8. The minimum absolute atomic E-state index is 0.00692. The molecule has 200 valence electrons. The van der Waals surface area contributed by atoms with Gasteiger partial charge in [0.15, 0.2) is 18.0 Å². The van der Waals surface area contributed by atoms with Gasteiger partial charge in [-0.1, -0.05) is 13.8 Å². The molecule has 1 aliphatic rings. The lowest BCUT2D eigenvalue weighted by Crippen LogP contribution is -2.46. The molecule has 1 aliphatic heterocycles. The summed E-state index contributed by atoms with van der Waals surface area (Å²) in [7, 11) is 1.27. The molecule has 1 saturated heterocycles. The Morgan fingerprint density at radius 3 is 2.62 bits per heavy atom. The van der Waals surface area contributed by atoms with Crippen molar-refractivity contribution in [2.45, 2.75) is 63.6 Å². The molecule has 1 fully saturated rings. The van der Waals surface area contributed by atoms with Gasteiger partial charge in [-0.2, -0.15) is 10.4 Å². The number of methoxy groups -OCH3 is 1. The van der Waals surface area contributed by atoms with E-state index in [0.717, 1.165) is 0 Å². The molecule has 5 atom stereocenters. The maximum absolute atomic E-state index is 12.4. The van der Waals surface area contributed by atoms with Gasteiger partial charge in [0.1, 0.15) is 30.1 Å². The molecule has 14 heteroatoms. The predicted molar refractivity (Wildman–Crippen MR) is 125 cm³/mol. The standard InChI is InChI=1S/C23H30N6O8/c1-5-17(30)35-19-15(9-34-12-27-13(3)22(32)33-4)37-23(10-24,20(19)36-18(31)6-2)16-8-7-14-21(25)26-11-28-29(14)16/h7-8,11,13,15,19-20,27H,5-6,9,12H2,1-4H3,(H2,25,26,28)/t13-,15+,19+,20+,23-/m0/s1. The van der Waals surface area contributed by atoms with Crippen LogP contribution in [-0.2, 0) is 43.7 Å². The van der Waals surface area contributed by atoms with E-state index in [1.807, 2.05) is 0 Å². The van der Waals surface area contributed by atoms with Crippen molar-refractivity contribution in [2.75, 3.05) is 26.2 Å². The molecule has 2 aromatic heterocycles. The van der Waals surface area contributed by atoms with Crippen molar-refractivity contribution in [2.24, 2.45) is 0 Å². The van der Waals surface area contributed by atoms with Gasteiger partial charge in [-0.25, -0.2) is 9.50 Å². The van der Waals surface area contributed by atoms with E-state index >= 15 is 0 Å². The van der Waals surface area contributed by atoms with Crippen LogP contribution in [0.4, 0.5) is 5.82 Å². The number of nitrogens with zero attached hydrogens (tertiary/aromatic N) is 4. The number of rotatable bonds is 11. The van der Waals surface area contributed by atoms with E-state index in [1.54, 1.807) is 32.9 Å². The molecule has 37 heavy (non-hydrogen) atoms. The van der Waals surface area contributed by atoms with Crippen molar-refractivity contribution >= 4 is 29.2 Å². The quantitative estimate of drug-likeness (QED) is 0.178. The molecule has 0 spiro atoms. The highest BCUT2D eigenvalue weighted by molar-refractivity contribution is 5.75. The van der Waals surface area contributed by atoms with Crippen molar-refractivity contribution in [3.63, 3.8) is 0 Å². The second-order valence-electron chi connectivity index (χ2n) is 8.20. The van der Waals surface area contributed by atoms with Crippen molar-refractivity contribution in [1.82, 2.24) is 19.9 Å². The first kappa shape index (κ1) is 27.8. The van der Waals surface area contributed by atoms with E-state index in [0.29, 0.717) is 5.52 Å². The third-order valence-electron chi connectivity index (χ3n) is 5.86. The lowest BCUT2D eigenvalue weighted by Gasteiger charge is -2.28. The molecule has 3 rings (SSSR count). The topological polar surface area (TPSA) is 189 Å². The molecule has 3 N–H and O–H groups in total. The van der Waals surface area contributed by atoms with Crippen molar-refractivity contribution in [1.29, 1.82) is 5.26 Å². The van der Waals surface area contributed by atoms with Crippen LogP contribution in [-0.4, -0.2) is 77.3 Å². The third-order valence-corrected chi connectivity index (χ3v) is 5.86. The van der Waals surface area contributed by atoms with E-state index in [9.17, 15) is 19.6 Å². The number of esters is 3. The van der Waals surface area contributed by atoms with Crippen LogP contribution in [0.15, 0.2) is 18.5 Å². The minimum atomic E-state index is -1.93. The number of fused-ring (bicyclic) bond motifs is 1.